The van der Waals surface area contributed by atoms with Gasteiger partial charge in [-0.25, -0.2) is 4.39 Å². The summed E-state index contributed by atoms with van der Waals surface area (Å²) in [6.45, 7) is 4.00. The molecule has 1 heterocycles. The molecule has 0 aromatic heterocycles. The Morgan fingerprint density at radius 2 is 1.93 bits per heavy atom. The van der Waals surface area contributed by atoms with Gasteiger partial charge in [0.25, 0.3) is 0 Å². The molecule has 3 rings (SSSR count). The predicted octanol–water partition coefficient (Wildman–Crippen LogP) is 3.90. The number of amides is 1. The second-order valence-corrected chi connectivity index (χ2v) is 7.04. The van der Waals surface area contributed by atoms with Crippen LogP contribution in [0.2, 0.25) is 0 Å². The van der Waals surface area contributed by atoms with E-state index in [9.17, 15) is 14.0 Å². The van der Waals surface area contributed by atoms with Gasteiger partial charge < -0.3 is 10.1 Å². The number of nitrogens with one attached hydrogen (secondary N) is 1. The number of likely N-dealkylation sites (tertiary alicyclic amines) is 1. The first kappa shape index (κ1) is 20.0. The number of carbonyl (C=O) groups excluding carboxylic acids is 2. The van der Waals surface area contributed by atoms with Crippen molar-refractivity contribution in [1.82, 2.24) is 4.90 Å². The first-order valence-corrected chi connectivity index (χ1v) is 9.55. The number of rotatable bonds is 8. The molecule has 1 unspecified atom stereocenters. The van der Waals surface area contributed by atoms with E-state index in [0.29, 0.717) is 23.4 Å². The van der Waals surface area contributed by atoms with Crippen LogP contribution in [0, 0.1) is 5.82 Å². The Morgan fingerprint density at radius 1 is 1.18 bits per heavy atom. The molecule has 1 N–H and O–H groups in total. The highest BCUT2D eigenvalue weighted by molar-refractivity contribution is 5.96. The molecule has 1 amide bonds. The minimum atomic E-state index is -0.334. The SMILES string of the molecule is CC(=O)Nc1ccccc1OC1CCN(CCCC(=O)c2ccc(F)cc2)C1. The van der Waals surface area contributed by atoms with Gasteiger partial charge in [0, 0.05) is 32.0 Å². The Kier molecular flexibility index (Phi) is 6.76. The maximum Gasteiger partial charge on any atom is 0.221 e. The summed E-state index contributed by atoms with van der Waals surface area (Å²) >= 11 is 0. The van der Waals surface area contributed by atoms with Crippen LogP contribution < -0.4 is 10.1 Å². The van der Waals surface area contributed by atoms with Crippen LogP contribution in [-0.2, 0) is 4.79 Å². The zero-order valence-corrected chi connectivity index (χ0v) is 16.0. The number of para-hydroxylation sites is 2. The van der Waals surface area contributed by atoms with Gasteiger partial charge in [0.15, 0.2) is 5.78 Å². The normalized spacial score (nSPS) is 16.7. The van der Waals surface area contributed by atoms with Crippen LogP contribution in [0.25, 0.3) is 0 Å². The topological polar surface area (TPSA) is 58.6 Å². The van der Waals surface area contributed by atoms with Crippen LogP contribution in [0.3, 0.4) is 0 Å². The van der Waals surface area contributed by atoms with Crippen molar-refractivity contribution in [1.29, 1.82) is 0 Å². The molecule has 1 aliphatic rings. The van der Waals surface area contributed by atoms with Crippen molar-refractivity contribution in [3.63, 3.8) is 0 Å². The van der Waals surface area contributed by atoms with Crippen molar-refractivity contribution < 1.29 is 18.7 Å². The number of Topliss-reactive ketones (excluding diaryl/α,β-unsaturated/α-hetero) is 1. The summed E-state index contributed by atoms with van der Waals surface area (Å²) in [6, 6.07) is 13.1. The molecule has 5 nitrogen and oxygen atoms in total. The summed E-state index contributed by atoms with van der Waals surface area (Å²) in [5.74, 6) is 0.252. The largest absolute Gasteiger partial charge is 0.487 e. The minimum Gasteiger partial charge on any atom is -0.487 e. The zero-order valence-electron chi connectivity index (χ0n) is 16.0. The van der Waals surface area contributed by atoms with Gasteiger partial charge in [-0.15, -0.1) is 0 Å². The monoisotopic (exact) mass is 384 g/mol. The summed E-state index contributed by atoms with van der Waals surface area (Å²) in [4.78, 5) is 25.8. The highest BCUT2D eigenvalue weighted by Crippen LogP contribution is 2.27. The number of hydrogen-bond donors (Lipinski definition) is 1. The first-order chi connectivity index (χ1) is 13.5. The van der Waals surface area contributed by atoms with Gasteiger partial charge in [-0.1, -0.05) is 12.1 Å². The lowest BCUT2D eigenvalue weighted by Crippen LogP contribution is -2.26. The van der Waals surface area contributed by atoms with E-state index in [2.05, 4.69) is 10.2 Å². The fourth-order valence-corrected chi connectivity index (χ4v) is 3.38. The van der Waals surface area contributed by atoms with Crippen molar-refractivity contribution in [2.24, 2.45) is 0 Å². The van der Waals surface area contributed by atoms with Gasteiger partial charge >= 0.3 is 0 Å². The molecule has 0 spiro atoms. The first-order valence-electron chi connectivity index (χ1n) is 9.55. The molecular formula is C22H25FN2O3. The molecule has 1 atom stereocenters. The number of ketones is 1. The van der Waals surface area contributed by atoms with E-state index in [1.54, 1.807) is 0 Å². The van der Waals surface area contributed by atoms with Crippen LogP contribution in [0.1, 0.15) is 36.5 Å². The molecule has 0 aliphatic carbocycles. The number of hydrogen-bond acceptors (Lipinski definition) is 4. The Balaban J connectivity index is 1.44. The molecule has 0 saturated carbocycles. The predicted molar refractivity (Wildman–Crippen MR) is 106 cm³/mol. The smallest absolute Gasteiger partial charge is 0.221 e. The number of carbonyl (C=O) groups is 2. The van der Waals surface area contributed by atoms with Crippen LogP contribution in [0.5, 0.6) is 5.75 Å². The molecule has 0 bridgehead atoms. The Hall–Kier alpha value is -2.73. The fourth-order valence-electron chi connectivity index (χ4n) is 3.38. The number of ether oxygens (including phenoxy) is 1. The van der Waals surface area contributed by atoms with E-state index in [4.69, 9.17) is 4.74 Å². The Bertz CT molecular complexity index is 823. The number of anilines is 1. The van der Waals surface area contributed by atoms with Crippen molar-refractivity contribution >= 4 is 17.4 Å². The standard InChI is InChI=1S/C22H25FN2O3/c1-16(26)24-20-5-2-3-7-22(20)28-19-12-14-25(15-19)13-4-6-21(27)17-8-10-18(23)11-9-17/h2-3,5,7-11,19H,4,6,12-15H2,1H3,(H,24,26). The lowest BCUT2D eigenvalue weighted by Gasteiger charge is -2.18. The van der Waals surface area contributed by atoms with E-state index in [0.717, 1.165) is 32.5 Å². The minimum absolute atomic E-state index is 0.0382. The average molecular weight is 384 g/mol. The Labute approximate surface area is 164 Å². The van der Waals surface area contributed by atoms with E-state index in [1.807, 2.05) is 24.3 Å². The third kappa shape index (κ3) is 5.63. The van der Waals surface area contributed by atoms with E-state index in [1.165, 1.54) is 31.2 Å². The highest BCUT2D eigenvalue weighted by Gasteiger charge is 2.24. The van der Waals surface area contributed by atoms with Gasteiger partial charge in [-0.3, -0.25) is 14.5 Å². The van der Waals surface area contributed by atoms with Crippen molar-refractivity contribution in [3.8, 4) is 5.75 Å². The van der Waals surface area contributed by atoms with Gasteiger partial charge in [0.05, 0.1) is 5.69 Å². The molecule has 0 radical (unpaired) electrons. The summed E-state index contributed by atoms with van der Waals surface area (Å²) in [5.41, 5.74) is 1.23. The van der Waals surface area contributed by atoms with Crippen LogP contribution in [0.4, 0.5) is 10.1 Å². The quantitative estimate of drug-likeness (QED) is 0.702. The third-order valence-corrected chi connectivity index (χ3v) is 4.76. The summed E-state index contributed by atoms with van der Waals surface area (Å²) in [5, 5.41) is 2.79. The van der Waals surface area contributed by atoms with E-state index < -0.39 is 0 Å². The molecule has 2 aromatic carbocycles. The molecular weight excluding hydrogens is 359 g/mol. The lowest BCUT2D eigenvalue weighted by molar-refractivity contribution is -0.114. The van der Waals surface area contributed by atoms with Crippen LogP contribution >= 0.6 is 0 Å². The van der Waals surface area contributed by atoms with Crippen molar-refractivity contribution in [2.45, 2.75) is 32.3 Å². The maximum absolute atomic E-state index is 12.9. The summed E-state index contributed by atoms with van der Waals surface area (Å²) in [6.07, 6.45) is 2.16. The molecule has 1 aliphatic heterocycles. The van der Waals surface area contributed by atoms with E-state index >= 15 is 0 Å². The number of halogens is 1. The molecule has 1 saturated heterocycles. The molecule has 2 aromatic rings. The molecule has 148 valence electrons. The zero-order chi connectivity index (χ0) is 19.9. The van der Waals surface area contributed by atoms with Crippen LogP contribution in [-0.4, -0.2) is 42.3 Å². The van der Waals surface area contributed by atoms with Gasteiger partial charge in [0.2, 0.25) is 5.91 Å². The van der Waals surface area contributed by atoms with Crippen molar-refractivity contribution in [2.75, 3.05) is 25.0 Å². The van der Waals surface area contributed by atoms with Crippen LogP contribution in [0.15, 0.2) is 48.5 Å². The summed E-state index contributed by atoms with van der Waals surface area (Å²) in [7, 11) is 0. The number of benzene rings is 2. The maximum atomic E-state index is 12.9. The van der Waals surface area contributed by atoms with E-state index in [-0.39, 0.29) is 23.6 Å². The van der Waals surface area contributed by atoms with Gasteiger partial charge in [-0.05, 0) is 55.8 Å². The molecule has 1 fully saturated rings. The third-order valence-electron chi connectivity index (χ3n) is 4.76. The second kappa shape index (κ2) is 9.46. The van der Waals surface area contributed by atoms with Gasteiger partial charge in [0.1, 0.15) is 17.7 Å². The van der Waals surface area contributed by atoms with Gasteiger partial charge in [-0.2, -0.15) is 0 Å². The lowest BCUT2D eigenvalue weighted by atomic mass is 10.1. The average Bonchev–Trinajstić information content (AvgIpc) is 3.11. The highest BCUT2D eigenvalue weighted by atomic mass is 19.1. The molecule has 28 heavy (non-hydrogen) atoms. The Morgan fingerprint density at radius 3 is 2.68 bits per heavy atom. The summed E-state index contributed by atoms with van der Waals surface area (Å²) < 4.78 is 19.0. The second-order valence-electron chi connectivity index (χ2n) is 7.04. The number of nitrogens with zero attached hydrogens (tertiary/aromatic N) is 1. The van der Waals surface area contributed by atoms with Crippen molar-refractivity contribution in [3.05, 3.63) is 59.9 Å². The fraction of sp³-hybridized carbons (Fsp3) is 0.364. The molecule has 6 heteroatoms.